The molecule has 9 heteroatoms. The Bertz CT molecular complexity index is 1400. The average Bonchev–Trinajstić information content (AvgIpc) is 3.23. The van der Waals surface area contributed by atoms with Gasteiger partial charge in [-0.2, -0.15) is 0 Å². The summed E-state index contributed by atoms with van der Waals surface area (Å²) in [6.07, 6.45) is 4.80. The van der Waals surface area contributed by atoms with Crippen molar-refractivity contribution >= 4 is 17.0 Å². The number of pyridine rings is 2. The molecule has 0 saturated heterocycles. The zero-order chi connectivity index (χ0) is 22.1. The lowest BCUT2D eigenvalue weighted by molar-refractivity contribution is 0.282. The van der Waals surface area contributed by atoms with Crippen molar-refractivity contribution in [3.8, 4) is 34.3 Å². The predicted octanol–water partition coefficient (Wildman–Crippen LogP) is 3.02. The summed E-state index contributed by atoms with van der Waals surface area (Å²) in [5.41, 5.74) is 11.1. The Balaban J connectivity index is 1.74. The number of imidazole rings is 1. The van der Waals surface area contributed by atoms with E-state index in [9.17, 15) is 5.11 Å². The summed E-state index contributed by atoms with van der Waals surface area (Å²) in [7, 11) is 1.54. The molecule has 0 unspecified atom stereocenters. The molecule has 1 aromatic carbocycles. The molecule has 5 rings (SSSR count). The number of hydrogen-bond acceptors (Lipinski definition) is 8. The summed E-state index contributed by atoms with van der Waals surface area (Å²) in [5.74, 6) is 1.42. The molecule has 0 saturated carbocycles. The Kier molecular flexibility index (Phi) is 4.92. The fourth-order valence-corrected chi connectivity index (χ4v) is 3.44. The third kappa shape index (κ3) is 3.40. The normalized spacial score (nSPS) is 11.1. The molecule has 0 radical (unpaired) electrons. The van der Waals surface area contributed by atoms with Crippen molar-refractivity contribution in [3.05, 3.63) is 72.7 Å². The minimum Gasteiger partial charge on any atom is -0.480 e. The molecule has 4 aromatic heterocycles. The number of aliphatic hydroxyl groups excluding tert-OH is 1. The zero-order valence-corrected chi connectivity index (χ0v) is 17.2. The van der Waals surface area contributed by atoms with Crippen LogP contribution in [0.5, 0.6) is 5.88 Å². The van der Waals surface area contributed by atoms with Gasteiger partial charge in [0.05, 0.1) is 37.4 Å². The number of benzene rings is 1. The fraction of sp³-hybridized carbons (Fsp3) is 0.0870. The largest absolute Gasteiger partial charge is 0.480 e. The second-order valence-corrected chi connectivity index (χ2v) is 7.01. The quantitative estimate of drug-likeness (QED) is 0.440. The van der Waals surface area contributed by atoms with Gasteiger partial charge in [0.25, 0.3) is 0 Å². The standard InChI is InChI=1S/C23H19N7O2/c1-32-20-12-26-19(11-27-20)17-8-9-18-23(28-17)30(15-6-4-14(13-31)5-7-15)22(29-18)16-3-2-10-25-21(16)24/h2-12,31H,13H2,1H3,(H2,24,25). The molecule has 0 fully saturated rings. The van der Waals surface area contributed by atoms with E-state index in [0.29, 0.717) is 45.6 Å². The van der Waals surface area contributed by atoms with Crippen molar-refractivity contribution in [2.75, 3.05) is 12.8 Å². The van der Waals surface area contributed by atoms with Crippen molar-refractivity contribution in [2.24, 2.45) is 0 Å². The van der Waals surface area contributed by atoms with Gasteiger partial charge in [0.15, 0.2) is 11.5 Å². The van der Waals surface area contributed by atoms with Crippen LogP contribution in [0.1, 0.15) is 5.56 Å². The number of rotatable bonds is 5. The first-order valence-electron chi connectivity index (χ1n) is 9.85. The molecule has 0 atom stereocenters. The van der Waals surface area contributed by atoms with Crippen LogP contribution in [0.4, 0.5) is 5.82 Å². The summed E-state index contributed by atoms with van der Waals surface area (Å²) in [4.78, 5) is 22.5. The Hall–Kier alpha value is -4.37. The van der Waals surface area contributed by atoms with Crippen LogP contribution in [0, 0.1) is 0 Å². The van der Waals surface area contributed by atoms with Crippen molar-refractivity contribution in [1.29, 1.82) is 0 Å². The first-order chi connectivity index (χ1) is 15.7. The number of hydrogen-bond donors (Lipinski definition) is 2. The first kappa shape index (κ1) is 19.6. The van der Waals surface area contributed by atoms with Gasteiger partial charge >= 0.3 is 0 Å². The molecule has 0 aliphatic heterocycles. The summed E-state index contributed by atoms with van der Waals surface area (Å²) >= 11 is 0. The molecule has 3 N–H and O–H groups in total. The Labute approximate surface area is 183 Å². The number of nitrogen functional groups attached to an aromatic ring is 1. The highest BCUT2D eigenvalue weighted by atomic mass is 16.5. The highest BCUT2D eigenvalue weighted by Gasteiger charge is 2.19. The molecular formula is C23H19N7O2. The summed E-state index contributed by atoms with van der Waals surface area (Å²) in [5, 5.41) is 9.42. The third-order valence-electron chi connectivity index (χ3n) is 5.06. The maximum absolute atomic E-state index is 9.42. The molecule has 158 valence electrons. The van der Waals surface area contributed by atoms with Gasteiger partial charge in [0, 0.05) is 11.9 Å². The molecule has 0 bridgehead atoms. The number of nitrogens with zero attached hydrogens (tertiary/aromatic N) is 6. The maximum Gasteiger partial charge on any atom is 0.232 e. The first-order valence-corrected chi connectivity index (χ1v) is 9.85. The summed E-state index contributed by atoms with van der Waals surface area (Å²) in [6, 6.07) is 15.0. The van der Waals surface area contributed by atoms with E-state index in [-0.39, 0.29) is 6.61 Å². The van der Waals surface area contributed by atoms with Gasteiger partial charge in [-0.1, -0.05) is 12.1 Å². The van der Waals surface area contributed by atoms with Gasteiger partial charge in [-0.05, 0) is 42.0 Å². The fourth-order valence-electron chi connectivity index (χ4n) is 3.44. The Morgan fingerprint density at radius 2 is 1.78 bits per heavy atom. The highest BCUT2D eigenvalue weighted by Crippen LogP contribution is 2.31. The van der Waals surface area contributed by atoms with E-state index in [4.69, 9.17) is 20.4 Å². The number of ether oxygens (including phenoxy) is 1. The van der Waals surface area contributed by atoms with Crippen molar-refractivity contribution < 1.29 is 9.84 Å². The van der Waals surface area contributed by atoms with Crippen LogP contribution in [-0.4, -0.2) is 41.7 Å². The second kappa shape index (κ2) is 8.05. The number of methoxy groups -OCH3 is 1. The molecule has 4 heterocycles. The zero-order valence-electron chi connectivity index (χ0n) is 17.2. The van der Waals surface area contributed by atoms with Crippen LogP contribution in [-0.2, 0) is 6.61 Å². The molecule has 5 aromatic rings. The Morgan fingerprint density at radius 3 is 2.47 bits per heavy atom. The molecule has 32 heavy (non-hydrogen) atoms. The molecule has 0 spiro atoms. The van der Waals surface area contributed by atoms with E-state index in [1.54, 1.807) is 25.7 Å². The van der Waals surface area contributed by atoms with Crippen LogP contribution >= 0.6 is 0 Å². The van der Waals surface area contributed by atoms with Crippen LogP contribution in [0.25, 0.3) is 39.6 Å². The van der Waals surface area contributed by atoms with E-state index in [2.05, 4.69) is 15.0 Å². The smallest absolute Gasteiger partial charge is 0.232 e. The van der Waals surface area contributed by atoms with Gasteiger partial charge in [-0.25, -0.2) is 24.9 Å². The topological polar surface area (TPSA) is 125 Å². The number of anilines is 1. The van der Waals surface area contributed by atoms with Crippen molar-refractivity contribution in [1.82, 2.24) is 29.5 Å². The number of nitrogens with two attached hydrogens (primary N) is 1. The minimum atomic E-state index is -0.0358. The second-order valence-electron chi connectivity index (χ2n) is 7.01. The van der Waals surface area contributed by atoms with Crippen molar-refractivity contribution in [3.63, 3.8) is 0 Å². The van der Waals surface area contributed by atoms with Crippen molar-refractivity contribution in [2.45, 2.75) is 6.61 Å². The van der Waals surface area contributed by atoms with Gasteiger partial charge in [0.2, 0.25) is 5.88 Å². The van der Waals surface area contributed by atoms with Gasteiger partial charge in [0.1, 0.15) is 17.0 Å². The molecule has 0 aliphatic carbocycles. The highest BCUT2D eigenvalue weighted by molar-refractivity contribution is 5.84. The maximum atomic E-state index is 9.42. The van der Waals surface area contributed by atoms with Crippen LogP contribution in [0.15, 0.2) is 67.1 Å². The van der Waals surface area contributed by atoms with E-state index in [0.717, 1.165) is 11.3 Å². The number of aliphatic hydroxyl groups is 1. The average molecular weight is 425 g/mol. The summed E-state index contributed by atoms with van der Waals surface area (Å²) in [6.45, 7) is -0.0358. The molecule has 0 amide bonds. The minimum absolute atomic E-state index is 0.0358. The molecule has 0 aliphatic rings. The van der Waals surface area contributed by atoms with Gasteiger partial charge in [-0.3, -0.25) is 4.57 Å². The van der Waals surface area contributed by atoms with E-state index in [1.807, 2.05) is 53.1 Å². The molecular weight excluding hydrogens is 406 g/mol. The van der Waals surface area contributed by atoms with Crippen LogP contribution in [0.3, 0.4) is 0 Å². The van der Waals surface area contributed by atoms with Crippen LogP contribution in [0.2, 0.25) is 0 Å². The Morgan fingerprint density at radius 1 is 0.938 bits per heavy atom. The van der Waals surface area contributed by atoms with E-state index < -0.39 is 0 Å². The monoisotopic (exact) mass is 425 g/mol. The van der Waals surface area contributed by atoms with Gasteiger partial charge in [-0.15, -0.1) is 0 Å². The van der Waals surface area contributed by atoms with E-state index >= 15 is 0 Å². The SMILES string of the molecule is COc1cnc(-c2ccc3nc(-c4cccnc4N)n(-c4ccc(CO)cc4)c3n2)cn1. The van der Waals surface area contributed by atoms with Crippen LogP contribution < -0.4 is 10.5 Å². The third-order valence-corrected chi connectivity index (χ3v) is 5.06. The lowest BCUT2D eigenvalue weighted by atomic mass is 10.2. The predicted molar refractivity (Wildman–Crippen MR) is 120 cm³/mol. The summed E-state index contributed by atoms with van der Waals surface area (Å²) < 4.78 is 7.01. The lowest BCUT2D eigenvalue weighted by Gasteiger charge is -2.11. The number of fused-ring (bicyclic) bond motifs is 1. The van der Waals surface area contributed by atoms with Gasteiger partial charge < -0.3 is 15.6 Å². The lowest BCUT2D eigenvalue weighted by Crippen LogP contribution is -2.02. The number of aromatic nitrogens is 6. The van der Waals surface area contributed by atoms with E-state index in [1.165, 1.54) is 0 Å². The molecule has 9 nitrogen and oxygen atoms in total.